The number of nitrogens with one attached hydrogen (secondary N) is 2. The number of benzene rings is 1. The smallest absolute Gasteiger partial charge is 0.224 e. The van der Waals surface area contributed by atoms with Crippen LogP contribution in [0, 0.1) is 5.92 Å². The summed E-state index contributed by atoms with van der Waals surface area (Å²) < 4.78 is 0. The van der Waals surface area contributed by atoms with E-state index in [2.05, 4.69) is 10.6 Å². The number of amides is 1. The molecule has 1 amide bonds. The first-order valence-corrected chi connectivity index (χ1v) is 6.86. The Bertz CT molecular complexity index is 358. The average molecular weight is 246 g/mol. The Balaban J connectivity index is 1.62. The van der Waals surface area contributed by atoms with Gasteiger partial charge in [0.25, 0.3) is 0 Å². The van der Waals surface area contributed by atoms with Crippen LogP contribution in [0.2, 0.25) is 0 Å². The van der Waals surface area contributed by atoms with Crippen LogP contribution in [0.4, 0.5) is 0 Å². The zero-order valence-electron chi connectivity index (χ0n) is 10.8. The summed E-state index contributed by atoms with van der Waals surface area (Å²) in [5.74, 6) is 0.915. The third kappa shape index (κ3) is 4.49. The Morgan fingerprint density at radius 3 is 2.67 bits per heavy atom. The van der Waals surface area contributed by atoms with Crippen LogP contribution >= 0.6 is 0 Å². The number of hydrogen-bond acceptors (Lipinski definition) is 2. The van der Waals surface area contributed by atoms with Gasteiger partial charge in [0.2, 0.25) is 5.91 Å². The molecule has 2 rings (SSSR count). The molecule has 3 heteroatoms. The highest BCUT2D eigenvalue weighted by Crippen LogP contribution is 2.14. The van der Waals surface area contributed by atoms with Gasteiger partial charge in [-0.3, -0.25) is 4.79 Å². The van der Waals surface area contributed by atoms with Gasteiger partial charge in [-0.15, -0.1) is 0 Å². The molecule has 1 fully saturated rings. The standard InChI is InChI=1S/C15H22N2O/c18-15(12-14-4-2-1-3-5-14)17-11-8-13-6-9-16-10-7-13/h1-5,13,16H,6-12H2,(H,17,18). The normalized spacial score (nSPS) is 16.4. The third-order valence-corrected chi connectivity index (χ3v) is 3.54. The molecule has 0 atom stereocenters. The second kappa shape index (κ2) is 7.17. The highest BCUT2D eigenvalue weighted by Gasteiger charge is 2.12. The van der Waals surface area contributed by atoms with Crippen molar-refractivity contribution in [3.05, 3.63) is 35.9 Å². The minimum absolute atomic E-state index is 0.134. The monoisotopic (exact) mass is 246 g/mol. The van der Waals surface area contributed by atoms with Gasteiger partial charge >= 0.3 is 0 Å². The molecule has 0 radical (unpaired) electrons. The first-order valence-electron chi connectivity index (χ1n) is 6.86. The van der Waals surface area contributed by atoms with Crippen LogP contribution in [-0.2, 0) is 11.2 Å². The van der Waals surface area contributed by atoms with E-state index < -0.39 is 0 Å². The molecule has 0 aromatic heterocycles. The van der Waals surface area contributed by atoms with Gasteiger partial charge in [-0.1, -0.05) is 30.3 Å². The molecular weight excluding hydrogens is 224 g/mol. The molecule has 1 saturated heterocycles. The van der Waals surface area contributed by atoms with Crippen molar-refractivity contribution in [2.24, 2.45) is 5.92 Å². The predicted molar refractivity (Wildman–Crippen MR) is 73.4 cm³/mol. The lowest BCUT2D eigenvalue weighted by Crippen LogP contribution is -2.31. The summed E-state index contributed by atoms with van der Waals surface area (Å²) in [4.78, 5) is 11.7. The molecular formula is C15H22N2O. The SMILES string of the molecule is O=C(Cc1ccccc1)NCCC1CCNCC1. The summed E-state index contributed by atoms with van der Waals surface area (Å²) in [5, 5.41) is 6.38. The van der Waals surface area contributed by atoms with Crippen molar-refractivity contribution in [2.75, 3.05) is 19.6 Å². The van der Waals surface area contributed by atoms with Crippen molar-refractivity contribution in [2.45, 2.75) is 25.7 Å². The van der Waals surface area contributed by atoms with Gasteiger partial charge in [0, 0.05) is 6.54 Å². The van der Waals surface area contributed by atoms with Gasteiger partial charge in [0.05, 0.1) is 6.42 Å². The molecule has 1 aliphatic rings. The van der Waals surface area contributed by atoms with Gasteiger partial charge in [0.15, 0.2) is 0 Å². The van der Waals surface area contributed by atoms with Crippen LogP contribution in [0.1, 0.15) is 24.8 Å². The molecule has 98 valence electrons. The molecule has 2 N–H and O–H groups in total. The number of piperidine rings is 1. The van der Waals surface area contributed by atoms with E-state index in [4.69, 9.17) is 0 Å². The molecule has 1 aromatic carbocycles. The maximum Gasteiger partial charge on any atom is 0.224 e. The molecule has 18 heavy (non-hydrogen) atoms. The first kappa shape index (κ1) is 13.1. The van der Waals surface area contributed by atoms with Crippen LogP contribution in [0.5, 0.6) is 0 Å². The summed E-state index contributed by atoms with van der Waals surface area (Å²) >= 11 is 0. The minimum atomic E-state index is 0.134. The van der Waals surface area contributed by atoms with E-state index in [0.717, 1.165) is 37.5 Å². The maximum atomic E-state index is 11.7. The highest BCUT2D eigenvalue weighted by atomic mass is 16.1. The quantitative estimate of drug-likeness (QED) is 0.831. The predicted octanol–water partition coefficient (Wildman–Crippen LogP) is 1.73. The summed E-state index contributed by atoms with van der Waals surface area (Å²) in [7, 11) is 0. The maximum absolute atomic E-state index is 11.7. The minimum Gasteiger partial charge on any atom is -0.356 e. The Kier molecular flexibility index (Phi) is 5.21. The molecule has 0 unspecified atom stereocenters. The largest absolute Gasteiger partial charge is 0.356 e. The Morgan fingerprint density at radius 1 is 1.22 bits per heavy atom. The van der Waals surface area contributed by atoms with Crippen LogP contribution in [0.25, 0.3) is 0 Å². The van der Waals surface area contributed by atoms with Crippen molar-refractivity contribution in [1.82, 2.24) is 10.6 Å². The van der Waals surface area contributed by atoms with Crippen molar-refractivity contribution in [1.29, 1.82) is 0 Å². The van der Waals surface area contributed by atoms with Crippen LogP contribution in [0.15, 0.2) is 30.3 Å². The van der Waals surface area contributed by atoms with Crippen molar-refractivity contribution in [3.8, 4) is 0 Å². The Morgan fingerprint density at radius 2 is 1.94 bits per heavy atom. The third-order valence-electron chi connectivity index (χ3n) is 3.54. The van der Waals surface area contributed by atoms with E-state index in [1.807, 2.05) is 30.3 Å². The van der Waals surface area contributed by atoms with Gasteiger partial charge in [-0.2, -0.15) is 0 Å². The lowest BCUT2D eigenvalue weighted by Gasteiger charge is -2.22. The number of carbonyl (C=O) groups is 1. The summed E-state index contributed by atoms with van der Waals surface area (Å²) in [6, 6.07) is 9.90. The van der Waals surface area contributed by atoms with Crippen molar-refractivity contribution >= 4 is 5.91 Å². The van der Waals surface area contributed by atoms with E-state index in [1.165, 1.54) is 12.8 Å². The topological polar surface area (TPSA) is 41.1 Å². The van der Waals surface area contributed by atoms with E-state index in [0.29, 0.717) is 6.42 Å². The van der Waals surface area contributed by atoms with Crippen molar-refractivity contribution in [3.63, 3.8) is 0 Å². The molecule has 1 heterocycles. The number of rotatable bonds is 5. The van der Waals surface area contributed by atoms with Crippen LogP contribution in [-0.4, -0.2) is 25.5 Å². The Hall–Kier alpha value is -1.35. The fraction of sp³-hybridized carbons (Fsp3) is 0.533. The summed E-state index contributed by atoms with van der Waals surface area (Å²) in [6.45, 7) is 3.07. The molecule has 0 saturated carbocycles. The molecule has 0 spiro atoms. The zero-order chi connectivity index (χ0) is 12.6. The van der Waals surface area contributed by atoms with Gasteiger partial charge in [-0.05, 0) is 43.8 Å². The number of hydrogen-bond donors (Lipinski definition) is 2. The molecule has 1 aliphatic heterocycles. The highest BCUT2D eigenvalue weighted by molar-refractivity contribution is 5.78. The van der Waals surface area contributed by atoms with Crippen LogP contribution in [0.3, 0.4) is 0 Å². The fourth-order valence-corrected chi connectivity index (χ4v) is 2.43. The second-order valence-electron chi connectivity index (χ2n) is 4.99. The van der Waals surface area contributed by atoms with Gasteiger partial charge in [-0.25, -0.2) is 0 Å². The van der Waals surface area contributed by atoms with E-state index >= 15 is 0 Å². The summed E-state index contributed by atoms with van der Waals surface area (Å²) in [5.41, 5.74) is 1.08. The van der Waals surface area contributed by atoms with Gasteiger partial charge in [0.1, 0.15) is 0 Å². The van der Waals surface area contributed by atoms with E-state index in [9.17, 15) is 4.79 Å². The molecule has 0 aliphatic carbocycles. The molecule has 3 nitrogen and oxygen atoms in total. The molecule has 0 bridgehead atoms. The number of carbonyl (C=O) groups excluding carboxylic acids is 1. The Labute approximate surface area is 109 Å². The zero-order valence-corrected chi connectivity index (χ0v) is 10.8. The van der Waals surface area contributed by atoms with Crippen molar-refractivity contribution < 1.29 is 4.79 Å². The second-order valence-corrected chi connectivity index (χ2v) is 4.99. The first-order chi connectivity index (χ1) is 8.84. The lowest BCUT2D eigenvalue weighted by molar-refractivity contribution is -0.120. The summed E-state index contributed by atoms with van der Waals surface area (Å²) in [6.07, 6.45) is 4.10. The average Bonchev–Trinajstić information content (AvgIpc) is 2.41. The van der Waals surface area contributed by atoms with Gasteiger partial charge < -0.3 is 10.6 Å². The molecule has 1 aromatic rings. The lowest BCUT2D eigenvalue weighted by atomic mass is 9.95. The van der Waals surface area contributed by atoms with E-state index in [1.54, 1.807) is 0 Å². The van der Waals surface area contributed by atoms with E-state index in [-0.39, 0.29) is 5.91 Å². The van der Waals surface area contributed by atoms with Crippen LogP contribution < -0.4 is 10.6 Å². The fourth-order valence-electron chi connectivity index (χ4n) is 2.43.